The van der Waals surface area contributed by atoms with Gasteiger partial charge in [0.25, 0.3) is 0 Å². The molecule has 1 aliphatic rings. The molecule has 0 saturated heterocycles. The van der Waals surface area contributed by atoms with E-state index in [0.29, 0.717) is 6.61 Å². The number of fused-ring (bicyclic) bond motifs is 1. The molecule has 0 aromatic carbocycles. The monoisotopic (exact) mass is 150 g/mol. The molecular formula is C8H10N2O. The summed E-state index contributed by atoms with van der Waals surface area (Å²) in [5.41, 5.74) is 2.16. The smallest absolute Gasteiger partial charge is 0.130 e. The molecular weight excluding hydrogens is 140 g/mol. The lowest BCUT2D eigenvalue weighted by Gasteiger charge is -2.12. The van der Waals surface area contributed by atoms with Crippen LogP contribution in [0.2, 0.25) is 0 Å². The average molecular weight is 150 g/mol. The Morgan fingerprint density at radius 1 is 1.55 bits per heavy atom. The van der Waals surface area contributed by atoms with Crippen molar-refractivity contribution in [1.29, 1.82) is 0 Å². The zero-order chi connectivity index (χ0) is 7.84. The van der Waals surface area contributed by atoms with E-state index in [-0.39, 0.29) is 0 Å². The fourth-order valence-electron chi connectivity index (χ4n) is 1.19. The fraction of sp³-hybridized carbons (Fsp3) is 0.375. The van der Waals surface area contributed by atoms with Gasteiger partial charge >= 0.3 is 0 Å². The van der Waals surface area contributed by atoms with E-state index in [0.717, 1.165) is 17.1 Å². The maximum Gasteiger partial charge on any atom is 0.130 e. The first-order valence-corrected chi connectivity index (χ1v) is 3.62. The third-order valence-corrected chi connectivity index (χ3v) is 1.69. The minimum Gasteiger partial charge on any atom is -0.490 e. The van der Waals surface area contributed by atoms with E-state index >= 15 is 0 Å². The van der Waals surface area contributed by atoms with Crippen molar-refractivity contribution in [3.8, 4) is 0 Å². The number of aromatic nitrogens is 2. The van der Waals surface area contributed by atoms with E-state index < -0.39 is 0 Å². The maximum absolute atomic E-state index is 5.32. The van der Waals surface area contributed by atoms with E-state index in [2.05, 4.69) is 5.10 Å². The van der Waals surface area contributed by atoms with Crippen LogP contribution >= 0.6 is 0 Å². The standard InChI is InChI=1S/C8H10N2O/c1-6-3-8-5-11-7(2)4-10(8)9-6/h3-4H,5H2,1-2H3. The normalized spacial score (nSPS) is 15.3. The lowest BCUT2D eigenvalue weighted by atomic mass is 10.3. The molecule has 11 heavy (non-hydrogen) atoms. The van der Waals surface area contributed by atoms with Gasteiger partial charge in [-0.15, -0.1) is 0 Å². The summed E-state index contributed by atoms with van der Waals surface area (Å²) in [6.07, 6.45) is 1.89. The molecule has 0 bridgehead atoms. The minimum absolute atomic E-state index is 0.642. The first-order chi connectivity index (χ1) is 5.25. The zero-order valence-electron chi connectivity index (χ0n) is 6.66. The quantitative estimate of drug-likeness (QED) is 0.561. The van der Waals surface area contributed by atoms with Gasteiger partial charge in [0.05, 0.1) is 17.6 Å². The number of aryl methyl sites for hydroxylation is 1. The second kappa shape index (κ2) is 2.12. The van der Waals surface area contributed by atoms with E-state index in [1.54, 1.807) is 0 Å². The molecule has 0 fully saturated rings. The van der Waals surface area contributed by atoms with Gasteiger partial charge in [0.15, 0.2) is 0 Å². The lowest BCUT2D eigenvalue weighted by molar-refractivity contribution is 0.188. The van der Waals surface area contributed by atoms with Crippen LogP contribution in [0.5, 0.6) is 0 Å². The molecule has 1 aliphatic heterocycles. The summed E-state index contributed by atoms with van der Waals surface area (Å²) < 4.78 is 7.19. The highest BCUT2D eigenvalue weighted by Gasteiger charge is 2.09. The van der Waals surface area contributed by atoms with Crippen LogP contribution in [0.15, 0.2) is 11.8 Å². The SMILES string of the molecule is CC1=Cn2nc(C)cc2CO1. The molecule has 1 aromatic heterocycles. The van der Waals surface area contributed by atoms with Gasteiger partial charge in [-0.05, 0) is 19.9 Å². The van der Waals surface area contributed by atoms with Crippen molar-refractivity contribution in [1.82, 2.24) is 9.78 Å². The molecule has 0 aliphatic carbocycles. The van der Waals surface area contributed by atoms with Gasteiger partial charge < -0.3 is 4.74 Å². The third kappa shape index (κ3) is 1.02. The maximum atomic E-state index is 5.32. The molecule has 0 unspecified atom stereocenters. The Morgan fingerprint density at radius 2 is 2.36 bits per heavy atom. The molecule has 0 atom stereocenters. The molecule has 3 heteroatoms. The van der Waals surface area contributed by atoms with E-state index in [9.17, 15) is 0 Å². The molecule has 0 N–H and O–H groups in total. The molecule has 1 aromatic rings. The zero-order valence-corrected chi connectivity index (χ0v) is 6.66. The third-order valence-electron chi connectivity index (χ3n) is 1.69. The highest BCUT2D eigenvalue weighted by molar-refractivity contribution is 5.31. The summed E-state index contributed by atoms with van der Waals surface area (Å²) in [6, 6.07) is 2.03. The molecule has 0 spiro atoms. The van der Waals surface area contributed by atoms with Crippen LogP contribution < -0.4 is 0 Å². The average Bonchev–Trinajstić information content (AvgIpc) is 2.27. The Morgan fingerprint density at radius 3 is 3.18 bits per heavy atom. The summed E-state index contributed by atoms with van der Waals surface area (Å²) in [5.74, 6) is 0.917. The molecule has 2 rings (SSSR count). The summed E-state index contributed by atoms with van der Waals surface area (Å²) in [4.78, 5) is 0. The first-order valence-electron chi connectivity index (χ1n) is 3.62. The number of hydrogen-bond acceptors (Lipinski definition) is 2. The molecule has 58 valence electrons. The van der Waals surface area contributed by atoms with Crippen molar-refractivity contribution >= 4 is 6.20 Å². The second-order valence-corrected chi connectivity index (χ2v) is 2.75. The Bertz CT molecular complexity index is 312. The molecule has 2 heterocycles. The van der Waals surface area contributed by atoms with Gasteiger partial charge in [0, 0.05) is 0 Å². The predicted molar refractivity (Wildman–Crippen MR) is 41.7 cm³/mol. The summed E-state index contributed by atoms with van der Waals surface area (Å²) in [5, 5.41) is 4.26. The summed E-state index contributed by atoms with van der Waals surface area (Å²) in [7, 11) is 0. The highest BCUT2D eigenvalue weighted by Crippen LogP contribution is 2.14. The van der Waals surface area contributed by atoms with Crippen molar-refractivity contribution in [3.63, 3.8) is 0 Å². The van der Waals surface area contributed by atoms with Crippen LogP contribution in [0.1, 0.15) is 18.3 Å². The van der Waals surface area contributed by atoms with Gasteiger partial charge in [-0.2, -0.15) is 5.10 Å². The number of allylic oxidation sites excluding steroid dienone is 1. The van der Waals surface area contributed by atoms with Crippen molar-refractivity contribution in [2.75, 3.05) is 0 Å². The van der Waals surface area contributed by atoms with Gasteiger partial charge in [-0.25, -0.2) is 4.68 Å². The predicted octanol–water partition coefficient (Wildman–Crippen LogP) is 1.54. The van der Waals surface area contributed by atoms with E-state index in [1.165, 1.54) is 0 Å². The summed E-state index contributed by atoms with van der Waals surface area (Å²) in [6.45, 7) is 4.55. The Hall–Kier alpha value is -1.25. The topological polar surface area (TPSA) is 27.1 Å². The molecule has 0 saturated carbocycles. The number of hydrogen-bond donors (Lipinski definition) is 0. The van der Waals surface area contributed by atoms with Crippen molar-refractivity contribution in [2.24, 2.45) is 0 Å². The fourth-order valence-corrected chi connectivity index (χ4v) is 1.19. The van der Waals surface area contributed by atoms with Crippen molar-refractivity contribution < 1.29 is 4.74 Å². The number of nitrogens with zero attached hydrogens (tertiary/aromatic N) is 2. The first kappa shape index (κ1) is 6.46. The summed E-state index contributed by atoms with van der Waals surface area (Å²) >= 11 is 0. The molecule has 0 radical (unpaired) electrons. The van der Waals surface area contributed by atoms with Crippen LogP contribution in [0.25, 0.3) is 6.20 Å². The van der Waals surface area contributed by atoms with Gasteiger partial charge in [0.1, 0.15) is 12.4 Å². The van der Waals surface area contributed by atoms with Crippen molar-refractivity contribution in [2.45, 2.75) is 20.5 Å². The van der Waals surface area contributed by atoms with Crippen LogP contribution in [-0.2, 0) is 11.3 Å². The van der Waals surface area contributed by atoms with Crippen LogP contribution in [0.3, 0.4) is 0 Å². The molecule has 0 amide bonds. The van der Waals surface area contributed by atoms with Gasteiger partial charge in [-0.3, -0.25) is 0 Å². The Labute approximate surface area is 65.3 Å². The largest absolute Gasteiger partial charge is 0.490 e. The van der Waals surface area contributed by atoms with Crippen LogP contribution in [0, 0.1) is 6.92 Å². The highest BCUT2D eigenvalue weighted by atomic mass is 16.5. The Kier molecular flexibility index (Phi) is 1.24. The second-order valence-electron chi connectivity index (χ2n) is 2.75. The number of rotatable bonds is 0. The van der Waals surface area contributed by atoms with Crippen molar-refractivity contribution in [3.05, 3.63) is 23.2 Å². The Balaban J connectivity index is 2.50. The number of ether oxygens (including phenoxy) is 1. The van der Waals surface area contributed by atoms with Gasteiger partial charge in [-0.1, -0.05) is 0 Å². The van der Waals surface area contributed by atoms with E-state index in [4.69, 9.17) is 4.74 Å². The minimum atomic E-state index is 0.642. The van der Waals surface area contributed by atoms with Crippen LogP contribution in [0.4, 0.5) is 0 Å². The lowest BCUT2D eigenvalue weighted by Crippen LogP contribution is -2.06. The van der Waals surface area contributed by atoms with Crippen LogP contribution in [-0.4, -0.2) is 9.78 Å². The van der Waals surface area contributed by atoms with Gasteiger partial charge in [0.2, 0.25) is 0 Å². The van der Waals surface area contributed by atoms with E-state index in [1.807, 2.05) is 30.8 Å². The molecule has 3 nitrogen and oxygen atoms in total.